The SMILES string of the molecule is Nc1c(N(CCC2=CCCCC2)C(=O)Cn2nnc3ccccc32)c(=O)[nH]c(=O)n1Cc1ccccc1. The third-order valence-electron chi connectivity index (χ3n) is 6.72. The molecule has 4 aromatic rings. The van der Waals surface area contributed by atoms with Crippen LogP contribution >= 0.6 is 0 Å². The van der Waals surface area contributed by atoms with E-state index >= 15 is 0 Å². The molecule has 0 unspecified atom stereocenters. The fourth-order valence-corrected chi connectivity index (χ4v) is 4.76. The third-order valence-corrected chi connectivity index (χ3v) is 6.72. The summed E-state index contributed by atoms with van der Waals surface area (Å²) < 4.78 is 2.80. The van der Waals surface area contributed by atoms with Crippen LogP contribution in [0.2, 0.25) is 0 Å². The Balaban J connectivity index is 1.52. The Morgan fingerprint density at radius 2 is 1.84 bits per heavy atom. The van der Waals surface area contributed by atoms with E-state index in [1.165, 1.54) is 19.7 Å². The molecule has 2 heterocycles. The fraction of sp³-hybridized carbons (Fsp3) is 0.296. The zero-order chi connectivity index (χ0) is 25.8. The summed E-state index contributed by atoms with van der Waals surface area (Å²) in [5, 5.41) is 8.26. The van der Waals surface area contributed by atoms with E-state index in [4.69, 9.17) is 5.73 Å². The van der Waals surface area contributed by atoms with Gasteiger partial charge >= 0.3 is 5.69 Å². The van der Waals surface area contributed by atoms with Gasteiger partial charge in [-0.3, -0.25) is 19.1 Å². The van der Waals surface area contributed by atoms with Crippen molar-refractivity contribution in [1.29, 1.82) is 0 Å². The number of fused-ring (bicyclic) bond motifs is 1. The second-order valence-electron chi connectivity index (χ2n) is 9.20. The number of aromatic amines is 1. The summed E-state index contributed by atoms with van der Waals surface area (Å²) in [6, 6.07) is 16.7. The molecule has 1 amide bonds. The summed E-state index contributed by atoms with van der Waals surface area (Å²) in [4.78, 5) is 43.3. The summed E-state index contributed by atoms with van der Waals surface area (Å²) in [6.07, 6.45) is 7.06. The number of carbonyl (C=O) groups excluding carboxylic acids is 1. The molecule has 5 rings (SSSR count). The topological polar surface area (TPSA) is 132 Å². The normalized spacial score (nSPS) is 13.5. The van der Waals surface area contributed by atoms with E-state index in [1.807, 2.05) is 54.6 Å². The van der Waals surface area contributed by atoms with Crippen LogP contribution in [0.4, 0.5) is 11.5 Å². The number of carbonyl (C=O) groups is 1. The number of hydrogen-bond donors (Lipinski definition) is 2. The average Bonchev–Trinajstić information content (AvgIpc) is 3.32. The fourth-order valence-electron chi connectivity index (χ4n) is 4.76. The van der Waals surface area contributed by atoms with Crippen LogP contribution in [0.15, 0.2) is 75.8 Å². The van der Waals surface area contributed by atoms with Crippen LogP contribution in [0.3, 0.4) is 0 Å². The van der Waals surface area contributed by atoms with Gasteiger partial charge in [0.25, 0.3) is 5.56 Å². The first-order valence-electron chi connectivity index (χ1n) is 12.4. The van der Waals surface area contributed by atoms with Gasteiger partial charge in [0.15, 0.2) is 5.69 Å². The van der Waals surface area contributed by atoms with Crippen molar-refractivity contribution in [3.8, 4) is 0 Å². The van der Waals surface area contributed by atoms with Gasteiger partial charge in [0.1, 0.15) is 17.9 Å². The van der Waals surface area contributed by atoms with Crippen molar-refractivity contribution in [3.63, 3.8) is 0 Å². The molecule has 1 aliphatic carbocycles. The summed E-state index contributed by atoms with van der Waals surface area (Å²) in [5.41, 5.74) is 8.57. The van der Waals surface area contributed by atoms with Crippen molar-refractivity contribution >= 4 is 28.4 Å². The van der Waals surface area contributed by atoms with Crippen LogP contribution in [0, 0.1) is 0 Å². The van der Waals surface area contributed by atoms with Crippen molar-refractivity contribution in [2.24, 2.45) is 0 Å². The zero-order valence-corrected chi connectivity index (χ0v) is 20.5. The van der Waals surface area contributed by atoms with E-state index in [-0.39, 0.29) is 37.0 Å². The van der Waals surface area contributed by atoms with Crippen molar-refractivity contribution in [2.75, 3.05) is 17.2 Å². The minimum atomic E-state index is -0.693. The smallest absolute Gasteiger partial charge is 0.330 e. The van der Waals surface area contributed by atoms with E-state index < -0.39 is 11.2 Å². The van der Waals surface area contributed by atoms with E-state index in [9.17, 15) is 14.4 Å². The third kappa shape index (κ3) is 5.23. The van der Waals surface area contributed by atoms with Gasteiger partial charge in [-0.05, 0) is 49.8 Å². The molecular formula is C27H29N7O3. The molecule has 10 nitrogen and oxygen atoms in total. The highest BCUT2D eigenvalue weighted by Gasteiger charge is 2.25. The largest absolute Gasteiger partial charge is 0.383 e. The summed E-state index contributed by atoms with van der Waals surface area (Å²) >= 11 is 0. The number of rotatable bonds is 8. The van der Waals surface area contributed by atoms with Crippen LogP contribution in [-0.2, 0) is 17.9 Å². The van der Waals surface area contributed by atoms with Gasteiger partial charge < -0.3 is 10.6 Å². The summed E-state index contributed by atoms with van der Waals surface area (Å²) in [7, 11) is 0. The molecule has 2 aromatic carbocycles. The van der Waals surface area contributed by atoms with Gasteiger partial charge in [-0.1, -0.05) is 59.3 Å². The Labute approximate surface area is 213 Å². The highest BCUT2D eigenvalue weighted by molar-refractivity contribution is 5.96. The number of nitrogens with two attached hydrogens (primary N) is 1. The van der Waals surface area contributed by atoms with Gasteiger partial charge in [0.05, 0.1) is 12.1 Å². The first-order valence-corrected chi connectivity index (χ1v) is 12.4. The van der Waals surface area contributed by atoms with Crippen LogP contribution in [0.25, 0.3) is 11.0 Å². The van der Waals surface area contributed by atoms with Crippen LogP contribution < -0.4 is 21.9 Å². The number of allylic oxidation sites excluding steroid dienone is 1. The Bertz CT molecular complexity index is 1570. The number of aromatic nitrogens is 5. The lowest BCUT2D eigenvalue weighted by Crippen LogP contribution is -2.43. The molecule has 0 fully saturated rings. The quantitative estimate of drug-likeness (QED) is 0.358. The highest BCUT2D eigenvalue weighted by Crippen LogP contribution is 2.24. The maximum absolute atomic E-state index is 13.7. The first kappa shape index (κ1) is 24.2. The molecular weight excluding hydrogens is 470 g/mol. The number of nitrogens with one attached hydrogen (secondary N) is 1. The number of hydrogen-bond acceptors (Lipinski definition) is 6. The highest BCUT2D eigenvalue weighted by atomic mass is 16.2. The lowest BCUT2D eigenvalue weighted by molar-refractivity contribution is -0.119. The van der Waals surface area contributed by atoms with Gasteiger partial charge in [-0.2, -0.15) is 0 Å². The summed E-state index contributed by atoms with van der Waals surface area (Å²) in [6.45, 7) is 0.292. The van der Waals surface area contributed by atoms with E-state index in [1.54, 1.807) is 0 Å². The number of H-pyrrole nitrogens is 1. The Kier molecular flexibility index (Phi) is 6.98. The molecule has 0 saturated heterocycles. The number of anilines is 2. The molecule has 0 saturated carbocycles. The molecule has 2 aromatic heterocycles. The van der Waals surface area contributed by atoms with Crippen molar-refractivity contribution in [2.45, 2.75) is 45.2 Å². The molecule has 1 aliphatic rings. The number of amides is 1. The number of nitrogen functional groups attached to an aromatic ring is 1. The molecule has 0 aliphatic heterocycles. The number of nitrogens with zero attached hydrogens (tertiary/aromatic N) is 5. The molecule has 10 heteroatoms. The van der Waals surface area contributed by atoms with Crippen molar-refractivity contribution in [3.05, 3.63) is 92.6 Å². The zero-order valence-electron chi connectivity index (χ0n) is 20.5. The molecule has 0 atom stereocenters. The van der Waals surface area contributed by atoms with Gasteiger partial charge in [-0.25, -0.2) is 9.48 Å². The molecule has 0 bridgehead atoms. The Hall–Kier alpha value is -4.47. The number of benzene rings is 2. The second kappa shape index (κ2) is 10.7. The Morgan fingerprint density at radius 3 is 2.62 bits per heavy atom. The monoisotopic (exact) mass is 499 g/mol. The summed E-state index contributed by atoms with van der Waals surface area (Å²) in [5.74, 6) is -0.416. The Morgan fingerprint density at radius 1 is 1.05 bits per heavy atom. The second-order valence-corrected chi connectivity index (χ2v) is 9.20. The van der Waals surface area contributed by atoms with E-state index in [0.29, 0.717) is 17.5 Å². The van der Waals surface area contributed by atoms with Crippen molar-refractivity contribution in [1.82, 2.24) is 24.5 Å². The molecule has 0 radical (unpaired) electrons. The van der Waals surface area contributed by atoms with Crippen molar-refractivity contribution < 1.29 is 4.79 Å². The maximum Gasteiger partial charge on any atom is 0.330 e. The minimum absolute atomic E-state index is 0.0265. The standard InChI is InChI=1S/C27H29N7O3/c28-25-24(26(36)29-27(37)33(25)17-20-11-5-2-6-12-20)32(16-15-19-9-3-1-4-10-19)23(35)18-34-22-14-8-7-13-21(22)30-31-34/h2,5-9,11-14H,1,3-4,10,15-18,28H2,(H,29,36,37). The molecule has 37 heavy (non-hydrogen) atoms. The predicted molar refractivity (Wildman–Crippen MR) is 142 cm³/mol. The van der Waals surface area contributed by atoms with E-state index in [0.717, 1.165) is 31.2 Å². The molecule has 190 valence electrons. The van der Waals surface area contributed by atoms with Crippen LogP contribution in [0.5, 0.6) is 0 Å². The van der Waals surface area contributed by atoms with E-state index in [2.05, 4.69) is 21.4 Å². The molecule has 3 N–H and O–H groups in total. The van der Waals surface area contributed by atoms with Gasteiger partial charge in [0, 0.05) is 6.54 Å². The van der Waals surface area contributed by atoms with Crippen LogP contribution in [-0.4, -0.2) is 37.0 Å². The average molecular weight is 500 g/mol. The van der Waals surface area contributed by atoms with Crippen LogP contribution in [0.1, 0.15) is 37.7 Å². The predicted octanol–water partition coefficient (Wildman–Crippen LogP) is 2.84. The molecule has 0 spiro atoms. The lowest BCUT2D eigenvalue weighted by Gasteiger charge is -2.25. The van der Waals surface area contributed by atoms with Gasteiger partial charge in [-0.15, -0.1) is 5.10 Å². The maximum atomic E-state index is 13.7. The minimum Gasteiger partial charge on any atom is -0.383 e. The first-order chi connectivity index (χ1) is 18.0. The van der Waals surface area contributed by atoms with Gasteiger partial charge in [0.2, 0.25) is 5.91 Å². The lowest BCUT2D eigenvalue weighted by atomic mass is 9.97. The number of para-hydroxylation sites is 1.